The van der Waals surface area contributed by atoms with E-state index in [4.69, 9.17) is 5.11 Å². The van der Waals surface area contributed by atoms with Crippen molar-refractivity contribution in [2.75, 3.05) is 0 Å². The molecule has 8 nitrogen and oxygen atoms in total. The van der Waals surface area contributed by atoms with Crippen molar-refractivity contribution in [3.63, 3.8) is 0 Å². The van der Waals surface area contributed by atoms with E-state index in [9.17, 15) is 14.4 Å². The summed E-state index contributed by atoms with van der Waals surface area (Å²) in [5.41, 5.74) is -0.843. The number of imidazole rings is 1. The molecule has 0 amide bonds. The summed E-state index contributed by atoms with van der Waals surface area (Å²) in [5, 5.41) is 9.15. The number of aromatic nitrogens is 4. The zero-order valence-electron chi connectivity index (χ0n) is 9.90. The standard InChI is InChI=1S/C11H12N4O4/c16-9-6-8(14-11(19)15-9)13-7(12-6)4-2-1-3-5(4)10(17)18/h4-5H,1-3H2,(H,17,18)(H3,12,13,14,15,16,19). The smallest absolute Gasteiger partial charge is 0.327 e. The van der Waals surface area contributed by atoms with Crippen LogP contribution in [0.25, 0.3) is 11.2 Å². The van der Waals surface area contributed by atoms with Crippen molar-refractivity contribution >= 4 is 17.1 Å². The van der Waals surface area contributed by atoms with Gasteiger partial charge in [0.2, 0.25) is 0 Å². The monoisotopic (exact) mass is 264 g/mol. The van der Waals surface area contributed by atoms with Crippen LogP contribution in [-0.2, 0) is 4.79 Å². The molecule has 1 saturated carbocycles. The summed E-state index contributed by atoms with van der Waals surface area (Å²) in [7, 11) is 0. The largest absolute Gasteiger partial charge is 0.481 e. The lowest BCUT2D eigenvalue weighted by Gasteiger charge is -2.12. The number of carbonyl (C=O) groups is 1. The fourth-order valence-corrected chi connectivity index (χ4v) is 2.71. The van der Waals surface area contributed by atoms with Gasteiger partial charge in [-0.3, -0.25) is 19.6 Å². The molecule has 2 atom stereocenters. The van der Waals surface area contributed by atoms with Gasteiger partial charge in [0.15, 0.2) is 5.65 Å². The number of H-pyrrole nitrogens is 3. The average molecular weight is 264 g/mol. The van der Waals surface area contributed by atoms with E-state index >= 15 is 0 Å². The van der Waals surface area contributed by atoms with Gasteiger partial charge in [-0.15, -0.1) is 0 Å². The maximum Gasteiger partial charge on any atom is 0.327 e. The summed E-state index contributed by atoms with van der Waals surface area (Å²) in [6.45, 7) is 0. The van der Waals surface area contributed by atoms with Gasteiger partial charge >= 0.3 is 11.7 Å². The second-order valence-corrected chi connectivity index (χ2v) is 4.74. The minimum absolute atomic E-state index is 0.166. The van der Waals surface area contributed by atoms with Gasteiger partial charge in [0.25, 0.3) is 5.56 Å². The normalized spacial score (nSPS) is 22.9. The van der Waals surface area contributed by atoms with Gasteiger partial charge in [0.1, 0.15) is 11.3 Å². The highest BCUT2D eigenvalue weighted by molar-refractivity contribution is 5.73. The van der Waals surface area contributed by atoms with E-state index < -0.39 is 23.1 Å². The fraction of sp³-hybridized carbons (Fsp3) is 0.455. The molecule has 2 heterocycles. The first-order valence-electron chi connectivity index (χ1n) is 6.01. The zero-order chi connectivity index (χ0) is 13.6. The number of hydrogen-bond acceptors (Lipinski definition) is 4. The van der Waals surface area contributed by atoms with E-state index in [-0.39, 0.29) is 17.1 Å². The zero-order valence-corrected chi connectivity index (χ0v) is 9.90. The van der Waals surface area contributed by atoms with E-state index in [1.807, 2.05) is 0 Å². The van der Waals surface area contributed by atoms with Crippen LogP contribution in [-0.4, -0.2) is 31.0 Å². The van der Waals surface area contributed by atoms with Crippen LogP contribution in [0.1, 0.15) is 31.0 Å². The molecule has 0 bridgehead atoms. The van der Waals surface area contributed by atoms with Crippen molar-refractivity contribution in [3.05, 3.63) is 26.7 Å². The lowest BCUT2D eigenvalue weighted by Crippen LogP contribution is -2.21. The number of nitrogens with one attached hydrogen (secondary N) is 3. The summed E-state index contributed by atoms with van der Waals surface area (Å²) in [5.74, 6) is -1.14. The molecule has 8 heteroatoms. The molecule has 19 heavy (non-hydrogen) atoms. The first-order chi connectivity index (χ1) is 9.06. The second-order valence-electron chi connectivity index (χ2n) is 4.74. The SMILES string of the molecule is O=C(O)C1CCCC1c1nc2[nH]c(=O)[nH]c(=O)c2[nH]1. The molecule has 2 aromatic heterocycles. The molecule has 2 unspecified atom stereocenters. The highest BCUT2D eigenvalue weighted by Gasteiger charge is 2.36. The first-order valence-corrected chi connectivity index (χ1v) is 6.01. The Bertz CT molecular complexity index is 756. The second kappa shape index (κ2) is 4.08. The van der Waals surface area contributed by atoms with Crippen LogP contribution in [0, 0.1) is 5.92 Å². The van der Waals surface area contributed by atoms with Crippen molar-refractivity contribution in [2.24, 2.45) is 5.92 Å². The van der Waals surface area contributed by atoms with E-state index in [0.717, 1.165) is 6.42 Å². The molecule has 0 aliphatic heterocycles. The average Bonchev–Trinajstić information content (AvgIpc) is 2.92. The van der Waals surface area contributed by atoms with Crippen LogP contribution in [0.5, 0.6) is 0 Å². The van der Waals surface area contributed by atoms with Crippen LogP contribution >= 0.6 is 0 Å². The summed E-state index contributed by atoms with van der Waals surface area (Å²) >= 11 is 0. The Labute approximate surface area is 105 Å². The Balaban J connectivity index is 2.11. The van der Waals surface area contributed by atoms with Crippen LogP contribution in [0.15, 0.2) is 9.59 Å². The molecule has 1 aliphatic rings. The maximum atomic E-state index is 11.6. The molecule has 0 spiro atoms. The molecule has 4 N–H and O–H groups in total. The van der Waals surface area contributed by atoms with E-state index in [2.05, 4.69) is 19.9 Å². The molecule has 1 aliphatic carbocycles. The summed E-state index contributed by atoms with van der Waals surface area (Å²) in [6.07, 6.45) is 2.12. The van der Waals surface area contributed by atoms with Gasteiger partial charge in [0.05, 0.1) is 5.92 Å². The minimum atomic E-state index is -0.856. The maximum absolute atomic E-state index is 11.6. The number of aromatic amines is 3. The van der Waals surface area contributed by atoms with Crippen molar-refractivity contribution in [2.45, 2.75) is 25.2 Å². The first kappa shape index (κ1) is 11.7. The molecular weight excluding hydrogens is 252 g/mol. The summed E-state index contributed by atoms with van der Waals surface area (Å²) < 4.78 is 0. The number of rotatable bonds is 2. The molecule has 0 radical (unpaired) electrons. The van der Waals surface area contributed by atoms with Crippen LogP contribution in [0.2, 0.25) is 0 Å². The van der Waals surface area contributed by atoms with Gasteiger partial charge in [-0.25, -0.2) is 9.78 Å². The fourth-order valence-electron chi connectivity index (χ4n) is 2.71. The molecule has 0 saturated heterocycles. The van der Waals surface area contributed by atoms with Crippen LogP contribution in [0.4, 0.5) is 0 Å². The number of fused-ring (bicyclic) bond motifs is 1. The Morgan fingerprint density at radius 1 is 1.21 bits per heavy atom. The van der Waals surface area contributed by atoms with Gasteiger partial charge in [-0.1, -0.05) is 6.42 Å². The topological polar surface area (TPSA) is 132 Å². The summed E-state index contributed by atoms with van der Waals surface area (Å²) in [6, 6.07) is 0. The van der Waals surface area contributed by atoms with E-state index in [0.29, 0.717) is 18.7 Å². The highest BCUT2D eigenvalue weighted by Crippen LogP contribution is 2.38. The minimum Gasteiger partial charge on any atom is -0.481 e. The molecule has 2 aromatic rings. The third-order valence-electron chi connectivity index (χ3n) is 3.59. The summed E-state index contributed by atoms with van der Waals surface area (Å²) in [4.78, 5) is 45.4. The van der Waals surface area contributed by atoms with E-state index in [1.54, 1.807) is 0 Å². The number of carboxylic acids is 1. The Kier molecular flexibility index (Phi) is 2.51. The van der Waals surface area contributed by atoms with Gasteiger partial charge in [-0.2, -0.15) is 0 Å². The molecule has 1 fully saturated rings. The van der Waals surface area contributed by atoms with Crippen molar-refractivity contribution in [3.8, 4) is 0 Å². The van der Waals surface area contributed by atoms with E-state index in [1.165, 1.54) is 0 Å². The number of aliphatic carboxylic acids is 1. The highest BCUT2D eigenvalue weighted by atomic mass is 16.4. The lowest BCUT2D eigenvalue weighted by atomic mass is 9.96. The quantitative estimate of drug-likeness (QED) is 0.601. The number of hydrogen-bond donors (Lipinski definition) is 4. The van der Waals surface area contributed by atoms with Gasteiger partial charge in [0, 0.05) is 5.92 Å². The van der Waals surface area contributed by atoms with Gasteiger partial charge < -0.3 is 10.1 Å². The predicted molar refractivity (Wildman–Crippen MR) is 65.1 cm³/mol. The van der Waals surface area contributed by atoms with Crippen LogP contribution in [0.3, 0.4) is 0 Å². The molecule has 0 aromatic carbocycles. The number of nitrogens with zero attached hydrogens (tertiary/aromatic N) is 1. The van der Waals surface area contributed by atoms with Crippen LogP contribution < -0.4 is 11.2 Å². The molecule has 100 valence electrons. The predicted octanol–water partition coefficient (Wildman–Crippen LogP) is -0.0922. The van der Waals surface area contributed by atoms with Crippen molar-refractivity contribution in [1.29, 1.82) is 0 Å². The van der Waals surface area contributed by atoms with Crippen molar-refractivity contribution in [1.82, 2.24) is 19.9 Å². The van der Waals surface area contributed by atoms with Gasteiger partial charge in [-0.05, 0) is 12.8 Å². The lowest BCUT2D eigenvalue weighted by molar-refractivity contribution is -0.142. The third-order valence-corrected chi connectivity index (χ3v) is 3.59. The Morgan fingerprint density at radius 2 is 2.00 bits per heavy atom. The Morgan fingerprint density at radius 3 is 2.74 bits per heavy atom. The van der Waals surface area contributed by atoms with Crippen molar-refractivity contribution < 1.29 is 9.90 Å². The molecular formula is C11H12N4O4. The Hall–Kier alpha value is -2.38. The molecule has 3 rings (SSSR count). The third kappa shape index (κ3) is 1.85. The number of carboxylic acid groups (broad SMARTS) is 1.